The number of hydrogen-bond donors (Lipinski definition) is 3. The molecule has 118 valence electrons. The highest BCUT2D eigenvalue weighted by molar-refractivity contribution is 7.89. The highest BCUT2D eigenvalue weighted by Crippen LogP contribution is 2.38. The molecule has 1 aromatic rings. The average molecular weight is 311 g/mol. The van der Waals surface area contributed by atoms with E-state index in [1.807, 2.05) is 0 Å². The van der Waals surface area contributed by atoms with Gasteiger partial charge in [0.1, 0.15) is 4.90 Å². The molecule has 1 aromatic carbocycles. The molecule has 0 heterocycles. The maximum absolute atomic E-state index is 12.2. The second-order valence-electron chi connectivity index (χ2n) is 6.39. The van der Waals surface area contributed by atoms with E-state index in [1.54, 1.807) is 12.1 Å². The molecule has 0 amide bonds. The van der Waals surface area contributed by atoms with Gasteiger partial charge in [0.2, 0.25) is 10.0 Å². The van der Waals surface area contributed by atoms with Gasteiger partial charge in [-0.05, 0) is 43.5 Å². The number of sulfonamides is 1. The summed E-state index contributed by atoms with van der Waals surface area (Å²) < 4.78 is 26.7. The first-order valence-corrected chi connectivity index (χ1v) is 8.84. The van der Waals surface area contributed by atoms with Gasteiger partial charge in [-0.1, -0.05) is 26.7 Å². The second kappa shape index (κ2) is 5.85. The van der Waals surface area contributed by atoms with Gasteiger partial charge in [-0.2, -0.15) is 0 Å². The fourth-order valence-electron chi connectivity index (χ4n) is 2.94. The summed E-state index contributed by atoms with van der Waals surface area (Å²) in [6, 6.07) is 5.25. The Morgan fingerprint density at radius 3 is 2.62 bits per heavy atom. The molecule has 0 spiro atoms. The number of rotatable bonds is 4. The van der Waals surface area contributed by atoms with E-state index < -0.39 is 10.0 Å². The predicted molar refractivity (Wildman–Crippen MR) is 86.8 cm³/mol. The van der Waals surface area contributed by atoms with Crippen molar-refractivity contribution in [1.29, 1.82) is 0 Å². The molecular formula is C15H25N3O2S. The third-order valence-electron chi connectivity index (χ3n) is 4.40. The highest BCUT2D eigenvalue weighted by Gasteiger charge is 2.33. The molecule has 4 N–H and O–H groups in total. The standard InChI is InChI=1S/C15H25N3O2S/c1-15(2)9-5-4-6-14(15)18-12-8-7-11(16)10-13(12)21(19,20)17-3/h7-8,10,14,17-18H,4-6,9,16H2,1-3H3. The minimum atomic E-state index is -3.53. The molecule has 2 rings (SSSR count). The largest absolute Gasteiger partial charge is 0.399 e. The van der Waals surface area contributed by atoms with Gasteiger partial charge in [-0.15, -0.1) is 0 Å². The Hall–Kier alpha value is -1.27. The zero-order valence-electron chi connectivity index (χ0n) is 12.9. The number of nitrogen functional groups attached to an aromatic ring is 1. The average Bonchev–Trinajstić information content (AvgIpc) is 2.42. The van der Waals surface area contributed by atoms with Crippen molar-refractivity contribution in [2.45, 2.75) is 50.5 Å². The fourth-order valence-corrected chi connectivity index (χ4v) is 3.87. The molecule has 21 heavy (non-hydrogen) atoms. The molecule has 0 aromatic heterocycles. The molecule has 1 fully saturated rings. The molecule has 0 radical (unpaired) electrons. The summed E-state index contributed by atoms with van der Waals surface area (Å²) in [5.41, 5.74) is 6.96. The van der Waals surface area contributed by atoms with Crippen molar-refractivity contribution in [2.75, 3.05) is 18.1 Å². The third kappa shape index (κ3) is 3.49. The van der Waals surface area contributed by atoms with Crippen molar-refractivity contribution in [3.63, 3.8) is 0 Å². The Morgan fingerprint density at radius 1 is 1.29 bits per heavy atom. The summed E-state index contributed by atoms with van der Waals surface area (Å²) in [6.07, 6.45) is 4.60. The normalized spacial score (nSPS) is 22.0. The van der Waals surface area contributed by atoms with E-state index in [0.29, 0.717) is 11.4 Å². The van der Waals surface area contributed by atoms with Crippen LogP contribution < -0.4 is 15.8 Å². The van der Waals surface area contributed by atoms with Gasteiger partial charge in [-0.3, -0.25) is 0 Å². The molecular weight excluding hydrogens is 286 g/mol. The van der Waals surface area contributed by atoms with Gasteiger partial charge >= 0.3 is 0 Å². The van der Waals surface area contributed by atoms with Gasteiger partial charge in [0.05, 0.1) is 5.69 Å². The molecule has 6 heteroatoms. The molecule has 1 saturated carbocycles. The van der Waals surface area contributed by atoms with Crippen molar-refractivity contribution in [3.8, 4) is 0 Å². The van der Waals surface area contributed by atoms with E-state index in [4.69, 9.17) is 5.73 Å². The maximum atomic E-state index is 12.2. The van der Waals surface area contributed by atoms with Gasteiger partial charge < -0.3 is 11.1 Å². The van der Waals surface area contributed by atoms with Crippen LogP contribution in [0, 0.1) is 5.41 Å². The van der Waals surface area contributed by atoms with Crippen molar-refractivity contribution < 1.29 is 8.42 Å². The van der Waals surface area contributed by atoms with Crippen molar-refractivity contribution >= 4 is 21.4 Å². The first-order valence-electron chi connectivity index (χ1n) is 7.36. The third-order valence-corrected chi connectivity index (χ3v) is 5.86. The van der Waals surface area contributed by atoms with Crippen molar-refractivity contribution in [3.05, 3.63) is 18.2 Å². The maximum Gasteiger partial charge on any atom is 0.242 e. The minimum absolute atomic E-state index is 0.153. The Kier molecular flexibility index (Phi) is 4.49. The number of benzene rings is 1. The van der Waals surface area contributed by atoms with E-state index in [9.17, 15) is 8.42 Å². The predicted octanol–water partition coefficient (Wildman–Crippen LogP) is 2.56. The first-order chi connectivity index (χ1) is 9.76. The second-order valence-corrected chi connectivity index (χ2v) is 8.25. The molecule has 1 atom stereocenters. The van der Waals surface area contributed by atoms with E-state index >= 15 is 0 Å². The van der Waals surface area contributed by atoms with E-state index in [1.165, 1.54) is 26.0 Å². The monoisotopic (exact) mass is 311 g/mol. The van der Waals surface area contributed by atoms with Gasteiger partial charge in [0.15, 0.2) is 0 Å². The van der Waals surface area contributed by atoms with Gasteiger partial charge in [-0.25, -0.2) is 13.1 Å². The first kappa shape index (κ1) is 16.1. The van der Waals surface area contributed by atoms with Crippen LogP contribution in [0.15, 0.2) is 23.1 Å². The van der Waals surface area contributed by atoms with E-state index in [0.717, 1.165) is 12.8 Å². The van der Waals surface area contributed by atoms with Crippen molar-refractivity contribution in [1.82, 2.24) is 4.72 Å². The molecule has 1 unspecified atom stereocenters. The molecule has 0 bridgehead atoms. The fraction of sp³-hybridized carbons (Fsp3) is 0.600. The molecule has 5 nitrogen and oxygen atoms in total. The highest BCUT2D eigenvalue weighted by atomic mass is 32.2. The lowest BCUT2D eigenvalue weighted by Crippen LogP contribution is -2.39. The number of nitrogens with one attached hydrogen (secondary N) is 2. The van der Waals surface area contributed by atoms with Gasteiger partial charge in [0.25, 0.3) is 0 Å². The van der Waals surface area contributed by atoms with Crippen LogP contribution in [-0.4, -0.2) is 21.5 Å². The summed E-state index contributed by atoms with van der Waals surface area (Å²) in [5, 5.41) is 3.43. The Bertz CT molecular complexity index is 611. The Balaban J connectivity index is 2.36. The van der Waals surface area contributed by atoms with Crippen LogP contribution in [0.25, 0.3) is 0 Å². The van der Waals surface area contributed by atoms with Crippen LogP contribution in [0.1, 0.15) is 39.5 Å². The Labute approximate surface area is 127 Å². The van der Waals surface area contributed by atoms with Crippen LogP contribution in [0.3, 0.4) is 0 Å². The minimum Gasteiger partial charge on any atom is -0.399 e. The molecule has 0 aliphatic heterocycles. The Morgan fingerprint density at radius 2 is 2.00 bits per heavy atom. The SMILES string of the molecule is CNS(=O)(=O)c1cc(N)ccc1NC1CCCCC1(C)C. The smallest absolute Gasteiger partial charge is 0.242 e. The van der Waals surface area contributed by atoms with Crippen LogP contribution >= 0.6 is 0 Å². The summed E-state index contributed by atoms with van der Waals surface area (Å²) in [7, 11) is -2.12. The van der Waals surface area contributed by atoms with Crippen molar-refractivity contribution in [2.24, 2.45) is 5.41 Å². The number of nitrogens with two attached hydrogens (primary N) is 1. The lowest BCUT2D eigenvalue weighted by Gasteiger charge is -2.40. The summed E-state index contributed by atoms with van der Waals surface area (Å²) in [6.45, 7) is 4.46. The van der Waals surface area contributed by atoms with Crippen LogP contribution in [0.4, 0.5) is 11.4 Å². The summed E-state index contributed by atoms with van der Waals surface area (Å²) in [5.74, 6) is 0. The van der Waals surface area contributed by atoms with E-state index in [-0.39, 0.29) is 16.4 Å². The molecule has 1 aliphatic carbocycles. The molecule has 0 saturated heterocycles. The topological polar surface area (TPSA) is 84.2 Å². The van der Waals surface area contributed by atoms with Crippen LogP contribution in [0.2, 0.25) is 0 Å². The zero-order chi connectivity index (χ0) is 15.7. The molecule has 1 aliphatic rings. The van der Waals surface area contributed by atoms with Gasteiger partial charge in [0, 0.05) is 11.7 Å². The van der Waals surface area contributed by atoms with Crippen LogP contribution in [-0.2, 0) is 10.0 Å². The lowest BCUT2D eigenvalue weighted by molar-refractivity contribution is 0.217. The lowest BCUT2D eigenvalue weighted by atomic mass is 9.73. The summed E-state index contributed by atoms with van der Waals surface area (Å²) in [4.78, 5) is 0.214. The number of anilines is 2. The van der Waals surface area contributed by atoms with E-state index in [2.05, 4.69) is 23.9 Å². The quantitative estimate of drug-likeness (QED) is 0.746. The summed E-state index contributed by atoms with van der Waals surface area (Å²) >= 11 is 0. The number of hydrogen-bond acceptors (Lipinski definition) is 4. The zero-order valence-corrected chi connectivity index (χ0v) is 13.8. The van der Waals surface area contributed by atoms with Crippen LogP contribution in [0.5, 0.6) is 0 Å².